The molecular weight excluding hydrogens is 337 g/mol. The number of carbonyl (C=O) groups excluding carboxylic acids is 1. The molecule has 1 N–H and O–H groups in total. The highest BCUT2D eigenvalue weighted by Gasteiger charge is 2.25. The van der Waals surface area contributed by atoms with Crippen LogP contribution in [0, 0.1) is 12.7 Å². The average molecular weight is 353 g/mol. The number of rotatable bonds is 3. The molecule has 0 saturated carbocycles. The Morgan fingerprint density at radius 3 is 2.56 bits per heavy atom. The lowest BCUT2D eigenvalue weighted by molar-refractivity contribution is 0.102. The molecule has 2 heterocycles. The number of fused-ring (bicyclic) bond motifs is 1. The normalized spacial score (nSPS) is 12.9. The highest BCUT2D eigenvalue weighted by molar-refractivity contribution is 7.98. The number of nitrogens with one attached hydrogen (secondary N) is 1. The highest BCUT2D eigenvalue weighted by Crippen LogP contribution is 2.36. The van der Waals surface area contributed by atoms with Crippen molar-refractivity contribution >= 4 is 23.5 Å². The van der Waals surface area contributed by atoms with Gasteiger partial charge in [-0.15, -0.1) is 0 Å². The van der Waals surface area contributed by atoms with Crippen molar-refractivity contribution in [2.45, 2.75) is 18.4 Å². The van der Waals surface area contributed by atoms with Gasteiger partial charge in [0, 0.05) is 22.6 Å². The number of hydrogen-bond acceptors (Lipinski definition) is 3. The highest BCUT2D eigenvalue weighted by atomic mass is 32.2. The minimum atomic E-state index is -0.362. The summed E-state index contributed by atoms with van der Waals surface area (Å²) in [6.07, 6.45) is 0. The molecule has 0 saturated heterocycles. The van der Waals surface area contributed by atoms with Gasteiger partial charge in [0.25, 0.3) is 5.91 Å². The predicted octanol–water partition coefficient (Wildman–Crippen LogP) is 4.32. The van der Waals surface area contributed by atoms with Gasteiger partial charge in [0.15, 0.2) is 0 Å². The van der Waals surface area contributed by atoms with Crippen LogP contribution in [-0.4, -0.2) is 15.7 Å². The van der Waals surface area contributed by atoms with Gasteiger partial charge < -0.3 is 5.32 Å². The number of aromatic nitrogens is 2. The molecule has 0 atom stereocenters. The van der Waals surface area contributed by atoms with Crippen LogP contribution in [-0.2, 0) is 11.5 Å². The maximum Gasteiger partial charge on any atom is 0.256 e. The maximum absolute atomic E-state index is 13.1. The minimum Gasteiger partial charge on any atom is -0.306 e. The Morgan fingerprint density at radius 1 is 1.12 bits per heavy atom. The van der Waals surface area contributed by atoms with E-state index < -0.39 is 0 Å². The monoisotopic (exact) mass is 353 g/mol. The van der Waals surface area contributed by atoms with Crippen LogP contribution in [0.15, 0.2) is 48.5 Å². The van der Waals surface area contributed by atoms with Crippen LogP contribution in [0.2, 0.25) is 0 Å². The van der Waals surface area contributed by atoms with E-state index >= 15 is 0 Å². The van der Waals surface area contributed by atoms with E-state index in [4.69, 9.17) is 0 Å². The SMILES string of the molecule is Cc1ccc(-n2nc3c(c2NC(=O)c2ccc(F)cc2)CSC3)cc1. The van der Waals surface area contributed by atoms with Crippen LogP contribution in [0.4, 0.5) is 10.2 Å². The minimum absolute atomic E-state index is 0.270. The van der Waals surface area contributed by atoms with Gasteiger partial charge in [-0.25, -0.2) is 9.07 Å². The summed E-state index contributed by atoms with van der Waals surface area (Å²) < 4.78 is 14.9. The van der Waals surface area contributed by atoms with Gasteiger partial charge in [0.05, 0.1) is 11.4 Å². The first-order valence-electron chi connectivity index (χ1n) is 7.94. The van der Waals surface area contributed by atoms with Crippen LogP contribution < -0.4 is 5.32 Å². The molecule has 0 spiro atoms. The van der Waals surface area contributed by atoms with Crippen molar-refractivity contribution in [3.05, 3.63) is 76.7 Å². The maximum atomic E-state index is 13.1. The molecule has 1 aromatic heterocycles. The summed E-state index contributed by atoms with van der Waals surface area (Å²) in [7, 11) is 0. The molecule has 1 aliphatic heterocycles. The summed E-state index contributed by atoms with van der Waals surface area (Å²) in [5.41, 5.74) is 4.54. The van der Waals surface area contributed by atoms with Crippen LogP contribution >= 0.6 is 11.8 Å². The Morgan fingerprint density at radius 2 is 1.84 bits per heavy atom. The van der Waals surface area contributed by atoms with E-state index in [0.717, 1.165) is 34.0 Å². The van der Waals surface area contributed by atoms with E-state index in [1.807, 2.05) is 31.2 Å². The smallest absolute Gasteiger partial charge is 0.256 e. The lowest BCUT2D eigenvalue weighted by Gasteiger charge is -2.11. The summed E-state index contributed by atoms with van der Waals surface area (Å²) in [5.74, 6) is 1.72. The molecule has 6 heteroatoms. The zero-order valence-corrected chi connectivity index (χ0v) is 14.4. The Kier molecular flexibility index (Phi) is 4.05. The molecule has 0 unspecified atom stereocenters. The van der Waals surface area contributed by atoms with Crippen molar-refractivity contribution in [2.75, 3.05) is 5.32 Å². The van der Waals surface area contributed by atoms with E-state index in [1.54, 1.807) is 16.4 Å². The first-order valence-corrected chi connectivity index (χ1v) is 9.10. The van der Waals surface area contributed by atoms with Crippen molar-refractivity contribution < 1.29 is 9.18 Å². The molecule has 126 valence electrons. The first-order chi connectivity index (χ1) is 12.1. The Balaban J connectivity index is 1.72. The topological polar surface area (TPSA) is 46.9 Å². The zero-order valence-electron chi connectivity index (χ0n) is 13.6. The second-order valence-electron chi connectivity index (χ2n) is 5.98. The fourth-order valence-electron chi connectivity index (χ4n) is 2.80. The summed E-state index contributed by atoms with van der Waals surface area (Å²) in [4.78, 5) is 12.6. The third-order valence-corrected chi connectivity index (χ3v) is 5.14. The molecule has 0 fully saturated rings. The number of amides is 1. The fraction of sp³-hybridized carbons (Fsp3) is 0.158. The number of nitrogens with zero attached hydrogens (tertiary/aromatic N) is 2. The molecule has 3 aromatic rings. The summed E-state index contributed by atoms with van der Waals surface area (Å²) >= 11 is 1.78. The number of thioether (sulfide) groups is 1. The van der Waals surface area contributed by atoms with Crippen LogP contribution in [0.25, 0.3) is 5.69 Å². The van der Waals surface area contributed by atoms with Gasteiger partial charge in [-0.3, -0.25) is 4.79 Å². The van der Waals surface area contributed by atoms with E-state index in [1.165, 1.54) is 24.3 Å². The molecule has 1 amide bonds. The molecule has 4 rings (SSSR count). The molecule has 2 aromatic carbocycles. The van der Waals surface area contributed by atoms with Gasteiger partial charge in [-0.05, 0) is 43.3 Å². The van der Waals surface area contributed by atoms with E-state index in [0.29, 0.717) is 11.4 Å². The van der Waals surface area contributed by atoms with Crippen LogP contribution in [0.3, 0.4) is 0 Å². The number of carbonyl (C=O) groups is 1. The van der Waals surface area contributed by atoms with Gasteiger partial charge >= 0.3 is 0 Å². The largest absolute Gasteiger partial charge is 0.306 e. The molecule has 4 nitrogen and oxygen atoms in total. The molecule has 25 heavy (non-hydrogen) atoms. The standard InChI is InChI=1S/C19H16FN3OS/c1-12-2-8-15(9-3-12)23-18(16-10-25-11-17(16)22-23)21-19(24)13-4-6-14(20)7-5-13/h2-9H,10-11H2,1H3,(H,21,24). The Labute approximate surface area is 149 Å². The molecule has 0 radical (unpaired) electrons. The van der Waals surface area contributed by atoms with Crippen LogP contribution in [0.5, 0.6) is 0 Å². The van der Waals surface area contributed by atoms with Gasteiger partial charge in [0.2, 0.25) is 0 Å². The van der Waals surface area contributed by atoms with Crippen molar-refractivity contribution in [1.29, 1.82) is 0 Å². The Bertz CT molecular complexity index is 933. The number of aryl methyl sites for hydroxylation is 1. The summed E-state index contributed by atoms with van der Waals surface area (Å²) in [6, 6.07) is 13.5. The number of benzene rings is 2. The number of halogens is 1. The summed E-state index contributed by atoms with van der Waals surface area (Å²) in [6.45, 7) is 2.03. The lowest BCUT2D eigenvalue weighted by atomic mass is 10.2. The molecule has 0 bridgehead atoms. The molecular formula is C19H16FN3OS. The molecule has 1 aliphatic rings. The first kappa shape index (κ1) is 15.9. The molecule has 0 aliphatic carbocycles. The third-order valence-electron chi connectivity index (χ3n) is 4.17. The van der Waals surface area contributed by atoms with Crippen molar-refractivity contribution in [3.63, 3.8) is 0 Å². The van der Waals surface area contributed by atoms with Crippen molar-refractivity contribution in [3.8, 4) is 5.69 Å². The zero-order chi connectivity index (χ0) is 17.4. The second kappa shape index (κ2) is 6.37. The Hall–Kier alpha value is -2.60. The quantitative estimate of drug-likeness (QED) is 0.763. The van der Waals surface area contributed by atoms with Crippen molar-refractivity contribution in [1.82, 2.24) is 9.78 Å². The van der Waals surface area contributed by atoms with Gasteiger partial charge in [-0.1, -0.05) is 17.7 Å². The van der Waals surface area contributed by atoms with E-state index in [-0.39, 0.29) is 11.7 Å². The third kappa shape index (κ3) is 3.05. The van der Waals surface area contributed by atoms with Gasteiger partial charge in [0.1, 0.15) is 11.6 Å². The van der Waals surface area contributed by atoms with E-state index in [9.17, 15) is 9.18 Å². The van der Waals surface area contributed by atoms with E-state index in [2.05, 4.69) is 10.4 Å². The number of anilines is 1. The predicted molar refractivity (Wildman–Crippen MR) is 97.7 cm³/mol. The fourth-order valence-corrected chi connectivity index (χ4v) is 3.83. The second-order valence-corrected chi connectivity index (χ2v) is 6.96. The van der Waals surface area contributed by atoms with Crippen LogP contribution in [0.1, 0.15) is 27.2 Å². The van der Waals surface area contributed by atoms with Crippen molar-refractivity contribution in [2.24, 2.45) is 0 Å². The lowest BCUT2D eigenvalue weighted by Crippen LogP contribution is -2.16. The average Bonchev–Trinajstić information content (AvgIpc) is 3.19. The van der Waals surface area contributed by atoms with Gasteiger partial charge in [-0.2, -0.15) is 16.9 Å². The summed E-state index contributed by atoms with van der Waals surface area (Å²) in [5, 5.41) is 7.64. The number of hydrogen-bond donors (Lipinski definition) is 1.